The van der Waals surface area contributed by atoms with Crippen LogP contribution in [0.5, 0.6) is 5.75 Å². The van der Waals surface area contributed by atoms with Gasteiger partial charge < -0.3 is 9.64 Å². The first-order valence-corrected chi connectivity index (χ1v) is 9.56. The van der Waals surface area contributed by atoms with Gasteiger partial charge in [-0.05, 0) is 48.2 Å². The molecule has 0 N–H and O–H groups in total. The third-order valence-electron chi connectivity index (χ3n) is 5.66. The third kappa shape index (κ3) is 3.83. The summed E-state index contributed by atoms with van der Waals surface area (Å²) in [6, 6.07) is 12.7. The molecule has 1 aliphatic carbocycles. The van der Waals surface area contributed by atoms with Gasteiger partial charge in [-0.3, -0.25) is 9.69 Å². The lowest BCUT2D eigenvalue weighted by atomic mass is 9.82. The Kier molecular flexibility index (Phi) is 5.12. The van der Waals surface area contributed by atoms with Gasteiger partial charge >= 0.3 is 0 Å². The number of rotatable bonds is 4. The van der Waals surface area contributed by atoms with Gasteiger partial charge in [0.1, 0.15) is 11.6 Å². The van der Waals surface area contributed by atoms with E-state index in [0.29, 0.717) is 12.0 Å². The van der Waals surface area contributed by atoms with Crippen LogP contribution in [0.15, 0.2) is 42.5 Å². The normalized spacial score (nSPS) is 20.4. The van der Waals surface area contributed by atoms with E-state index in [1.807, 2.05) is 18.2 Å². The zero-order valence-electron chi connectivity index (χ0n) is 15.7. The number of nitrogens with zero attached hydrogens (tertiary/aromatic N) is 2. The van der Waals surface area contributed by atoms with Crippen LogP contribution in [0, 0.1) is 11.7 Å². The van der Waals surface area contributed by atoms with Crippen LogP contribution in [0.3, 0.4) is 0 Å². The van der Waals surface area contributed by atoms with Gasteiger partial charge in [0.15, 0.2) is 5.78 Å². The molecule has 2 aromatic rings. The molecule has 1 heterocycles. The van der Waals surface area contributed by atoms with Gasteiger partial charge in [0.25, 0.3) is 0 Å². The number of benzene rings is 2. The maximum absolute atomic E-state index is 13.5. The Bertz CT molecular complexity index is 831. The maximum atomic E-state index is 13.5. The second-order valence-corrected chi connectivity index (χ2v) is 7.46. The molecule has 27 heavy (non-hydrogen) atoms. The van der Waals surface area contributed by atoms with E-state index in [1.165, 1.54) is 12.1 Å². The Balaban J connectivity index is 1.36. The number of hydrogen-bond donors (Lipinski definition) is 0. The number of halogens is 1. The van der Waals surface area contributed by atoms with Crippen molar-refractivity contribution in [2.75, 3.05) is 44.7 Å². The lowest BCUT2D eigenvalue weighted by Crippen LogP contribution is -2.48. The van der Waals surface area contributed by atoms with Gasteiger partial charge in [-0.15, -0.1) is 0 Å². The highest BCUT2D eigenvalue weighted by Crippen LogP contribution is 2.30. The summed E-state index contributed by atoms with van der Waals surface area (Å²) >= 11 is 0. The van der Waals surface area contributed by atoms with Gasteiger partial charge in [0, 0.05) is 44.7 Å². The summed E-state index contributed by atoms with van der Waals surface area (Å²) in [6.45, 7) is 4.68. The smallest absolute Gasteiger partial charge is 0.163 e. The van der Waals surface area contributed by atoms with Crippen LogP contribution in [0.25, 0.3) is 0 Å². The quantitative estimate of drug-likeness (QED) is 0.828. The number of ketones is 1. The van der Waals surface area contributed by atoms with Crippen LogP contribution < -0.4 is 9.64 Å². The second kappa shape index (κ2) is 7.69. The Morgan fingerprint density at radius 2 is 1.85 bits per heavy atom. The number of hydrogen-bond acceptors (Lipinski definition) is 4. The molecule has 4 rings (SSSR count). The summed E-state index contributed by atoms with van der Waals surface area (Å²) in [5, 5.41) is 0. The first kappa shape index (κ1) is 18.0. The molecule has 1 aliphatic heterocycles. The average Bonchev–Trinajstić information content (AvgIpc) is 2.68. The molecule has 0 radical (unpaired) electrons. The standard InChI is InChI=1S/C22H25FN2O2/c1-27-22-5-3-2-4-20(22)25-10-8-24(9-11-25)15-16-12-17-14-18(23)6-7-19(17)21(26)13-16/h2-7,14,16H,8-13,15H2,1H3. The number of ether oxygens (including phenoxy) is 1. The van der Waals surface area contributed by atoms with Gasteiger partial charge in [-0.2, -0.15) is 0 Å². The molecule has 1 unspecified atom stereocenters. The number of piperazine rings is 1. The van der Waals surface area contributed by atoms with Crippen LogP contribution >= 0.6 is 0 Å². The van der Waals surface area contributed by atoms with E-state index in [4.69, 9.17) is 4.74 Å². The van der Waals surface area contributed by atoms with E-state index in [-0.39, 0.29) is 17.5 Å². The molecule has 0 amide bonds. The van der Waals surface area contributed by atoms with Crippen molar-refractivity contribution in [2.45, 2.75) is 12.8 Å². The fraction of sp³-hybridized carbons (Fsp3) is 0.409. The monoisotopic (exact) mass is 368 g/mol. The maximum Gasteiger partial charge on any atom is 0.163 e. The summed E-state index contributed by atoms with van der Waals surface area (Å²) in [5.74, 6) is 1.06. The lowest BCUT2D eigenvalue weighted by molar-refractivity contribution is 0.0928. The highest BCUT2D eigenvalue weighted by Gasteiger charge is 2.28. The average molecular weight is 368 g/mol. The van der Waals surface area contributed by atoms with Crippen LogP contribution in [-0.2, 0) is 6.42 Å². The molecular formula is C22H25FN2O2. The SMILES string of the molecule is COc1ccccc1N1CCN(CC2CC(=O)c3ccc(F)cc3C2)CC1. The van der Waals surface area contributed by atoms with Crippen molar-refractivity contribution in [3.8, 4) is 5.75 Å². The minimum atomic E-state index is -0.257. The first-order valence-electron chi connectivity index (χ1n) is 9.56. The van der Waals surface area contributed by atoms with Crippen molar-refractivity contribution < 1.29 is 13.9 Å². The minimum absolute atomic E-state index is 0.147. The van der Waals surface area contributed by atoms with E-state index in [2.05, 4.69) is 15.9 Å². The Morgan fingerprint density at radius 3 is 2.63 bits per heavy atom. The van der Waals surface area contributed by atoms with Crippen LogP contribution in [0.4, 0.5) is 10.1 Å². The summed E-state index contributed by atoms with van der Waals surface area (Å²) < 4.78 is 19.0. The van der Waals surface area contributed by atoms with Crippen LogP contribution in [-0.4, -0.2) is 50.5 Å². The Hall–Kier alpha value is -2.40. The van der Waals surface area contributed by atoms with Crippen LogP contribution in [0.1, 0.15) is 22.3 Å². The van der Waals surface area contributed by atoms with Crippen molar-refractivity contribution >= 4 is 11.5 Å². The molecule has 0 saturated carbocycles. The number of Topliss-reactive ketones (excluding diaryl/α,β-unsaturated/α-hetero) is 1. The summed E-state index contributed by atoms with van der Waals surface area (Å²) in [7, 11) is 1.70. The minimum Gasteiger partial charge on any atom is -0.495 e. The topological polar surface area (TPSA) is 32.8 Å². The number of carbonyl (C=O) groups is 1. The molecule has 1 saturated heterocycles. The second-order valence-electron chi connectivity index (χ2n) is 7.46. The molecule has 0 bridgehead atoms. The zero-order chi connectivity index (χ0) is 18.8. The van der Waals surface area contributed by atoms with E-state index < -0.39 is 0 Å². The van der Waals surface area contributed by atoms with E-state index in [1.54, 1.807) is 13.2 Å². The predicted molar refractivity (Wildman–Crippen MR) is 104 cm³/mol. The van der Waals surface area contributed by atoms with Gasteiger partial charge in [0.05, 0.1) is 12.8 Å². The van der Waals surface area contributed by atoms with Gasteiger partial charge in [0.2, 0.25) is 0 Å². The molecule has 0 spiro atoms. The van der Waals surface area contributed by atoms with Crippen molar-refractivity contribution in [3.05, 3.63) is 59.4 Å². The highest BCUT2D eigenvalue weighted by atomic mass is 19.1. The molecular weight excluding hydrogens is 343 g/mol. The number of methoxy groups -OCH3 is 1. The van der Waals surface area contributed by atoms with Gasteiger partial charge in [-0.1, -0.05) is 12.1 Å². The van der Waals surface area contributed by atoms with Crippen molar-refractivity contribution in [1.82, 2.24) is 4.90 Å². The van der Waals surface area contributed by atoms with Crippen molar-refractivity contribution in [3.63, 3.8) is 0 Å². The molecule has 5 heteroatoms. The molecule has 2 aliphatic rings. The van der Waals surface area contributed by atoms with E-state index >= 15 is 0 Å². The molecule has 1 fully saturated rings. The van der Waals surface area contributed by atoms with Gasteiger partial charge in [-0.25, -0.2) is 4.39 Å². The lowest BCUT2D eigenvalue weighted by Gasteiger charge is -2.38. The molecule has 142 valence electrons. The number of anilines is 1. The molecule has 4 nitrogen and oxygen atoms in total. The van der Waals surface area contributed by atoms with E-state index in [0.717, 1.165) is 56.1 Å². The number of para-hydroxylation sites is 2. The fourth-order valence-corrected chi connectivity index (χ4v) is 4.32. The highest BCUT2D eigenvalue weighted by molar-refractivity contribution is 5.98. The number of carbonyl (C=O) groups excluding carboxylic acids is 1. The third-order valence-corrected chi connectivity index (χ3v) is 5.66. The predicted octanol–water partition coefficient (Wildman–Crippen LogP) is 3.40. The number of fused-ring (bicyclic) bond motifs is 1. The van der Waals surface area contributed by atoms with E-state index in [9.17, 15) is 9.18 Å². The molecule has 1 atom stereocenters. The molecule has 2 aromatic carbocycles. The summed E-state index contributed by atoms with van der Waals surface area (Å²) in [4.78, 5) is 17.2. The van der Waals surface area contributed by atoms with Crippen LogP contribution in [0.2, 0.25) is 0 Å². The largest absolute Gasteiger partial charge is 0.495 e. The Labute approximate surface area is 159 Å². The first-order chi connectivity index (χ1) is 13.1. The van der Waals surface area contributed by atoms with Crippen molar-refractivity contribution in [2.24, 2.45) is 5.92 Å². The zero-order valence-corrected chi connectivity index (χ0v) is 15.7. The van der Waals surface area contributed by atoms with Crippen molar-refractivity contribution in [1.29, 1.82) is 0 Å². The molecule has 0 aromatic heterocycles. The summed E-state index contributed by atoms with van der Waals surface area (Å²) in [5.41, 5.74) is 2.70. The summed E-state index contributed by atoms with van der Waals surface area (Å²) in [6.07, 6.45) is 1.34. The Morgan fingerprint density at radius 1 is 1.07 bits per heavy atom. The fourth-order valence-electron chi connectivity index (χ4n) is 4.32.